The summed E-state index contributed by atoms with van der Waals surface area (Å²) in [5.74, 6) is 0.554. The van der Waals surface area contributed by atoms with Crippen molar-refractivity contribution in [2.75, 3.05) is 19.6 Å². The van der Waals surface area contributed by atoms with Gasteiger partial charge in [-0.05, 0) is 31.0 Å². The van der Waals surface area contributed by atoms with Crippen molar-refractivity contribution in [3.8, 4) is 0 Å². The number of aromatic amines is 1. The zero-order chi connectivity index (χ0) is 12.8. The first-order valence-corrected chi connectivity index (χ1v) is 6.76. The van der Waals surface area contributed by atoms with Gasteiger partial charge in [-0.1, -0.05) is 0 Å². The van der Waals surface area contributed by atoms with Crippen molar-refractivity contribution in [3.63, 3.8) is 0 Å². The van der Waals surface area contributed by atoms with E-state index in [-0.39, 0.29) is 11.9 Å². The number of hydrogen-bond donors (Lipinski definition) is 2. The van der Waals surface area contributed by atoms with Crippen molar-refractivity contribution >= 4 is 16.8 Å². The first kappa shape index (κ1) is 11.0. The predicted octanol–water partition coefficient (Wildman–Crippen LogP) is 0.997. The number of pyridine rings is 1. The highest BCUT2D eigenvalue weighted by Crippen LogP contribution is 2.28. The molecule has 1 amide bonds. The summed E-state index contributed by atoms with van der Waals surface area (Å²) in [6, 6.07) is 4.15. The van der Waals surface area contributed by atoms with Crippen LogP contribution in [0.4, 0.5) is 0 Å². The van der Waals surface area contributed by atoms with Crippen molar-refractivity contribution in [1.29, 1.82) is 0 Å². The molecule has 4 rings (SSSR count). The number of amides is 1. The number of nitrogens with zero attached hydrogens (tertiary/aromatic N) is 2. The number of piperidine rings is 1. The molecule has 0 saturated carbocycles. The zero-order valence-corrected chi connectivity index (χ0v) is 10.6. The quantitative estimate of drug-likeness (QED) is 0.842. The van der Waals surface area contributed by atoms with Gasteiger partial charge in [-0.2, -0.15) is 0 Å². The van der Waals surface area contributed by atoms with Crippen molar-refractivity contribution in [3.05, 3.63) is 30.2 Å². The lowest BCUT2D eigenvalue weighted by Crippen LogP contribution is -2.43. The van der Waals surface area contributed by atoms with Crippen LogP contribution in [-0.2, 0) is 0 Å². The Bertz CT molecular complexity index is 635. The maximum atomic E-state index is 12.4. The second-order valence-electron chi connectivity index (χ2n) is 5.49. The van der Waals surface area contributed by atoms with Crippen molar-refractivity contribution in [2.24, 2.45) is 5.92 Å². The number of rotatable bonds is 2. The molecule has 0 aromatic carbocycles. The highest BCUT2D eigenvalue weighted by molar-refractivity contribution is 6.03. The van der Waals surface area contributed by atoms with Crippen LogP contribution in [0.15, 0.2) is 24.5 Å². The summed E-state index contributed by atoms with van der Waals surface area (Å²) in [6.07, 6.45) is 4.73. The summed E-state index contributed by atoms with van der Waals surface area (Å²) in [6.45, 7) is 3.30. The SMILES string of the molecule is O=C(NC1CN2CCC1C2)c1nccc2cc[nH]c12. The number of carbonyl (C=O) groups is 1. The highest BCUT2D eigenvalue weighted by Gasteiger charge is 2.38. The smallest absolute Gasteiger partial charge is 0.272 e. The molecule has 2 saturated heterocycles. The Morgan fingerprint density at radius 3 is 3.16 bits per heavy atom. The van der Waals surface area contributed by atoms with E-state index in [0.717, 1.165) is 24.0 Å². The molecule has 2 aromatic rings. The first-order valence-electron chi connectivity index (χ1n) is 6.76. The van der Waals surface area contributed by atoms with Crippen LogP contribution in [0.1, 0.15) is 16.9 Å². The van der Waals surface area contributed by atoms with Crippen LogP contribution < -0.4 is 5.32 Å². The van der Waals surface area contributed by atoms with Crippen LogP contribution in [0.3, 0.4) is 0 Å². The minimum atomic E-state index is -0.0631. The van der Waals surface area contributed by atoms with E-state index >= 15 is 0 Å². The number of nitrogens with one attached hydrogen (secondary N) is 2. The molecular weight excluding hydrogens is 240 g/mol. The summed E-state index contributed by atoms with van der Waals surface area (Å²) in [5, 5.41) is 4.17. The molecule has 3 unspecified atom stereocenters. The van der Waals surface area contributed by atoms with Gasteiger partial charge in [0, 0.05) is 36.9 Å². The maximum absolute atomic E-state index is 12.4. The topological polar surface area (TPSA) is 61.0 Å². The number of hydrogen-bond acceptors (Lipinski definition) is 3. The third-order valence-electron chi connectivity index (χ3n) is 4.34. The highest BCUT2D eigenvalue weighted by atomic mass is 16.2. The first-order chi connectivity index (χ1) is 9.31. The van der Waals surface area contributed by atoms with E-state index in [0.29, 0.717) is 11.6 Å². The fourth-order valence-corrected chi connectivity index (χ4v) is 3.34. The van der Waals surface area contributed by atoms with Gasteiger partial charge in [-0.3, -0.25) is 4.79 Å². The van der Waals surface area contributed by atoms with Crippen molar-refractivity contribution in [1.82, 2.24) is 20.2 Å². The normalized spacial score (nSPS) is 28.9. The monoisotopic (exact) mass is 256 g/mol. The standard InChI is InChI=1S/C14H16N4O/c19-14(17-11-8-18-6-3-10(11)7-18)13-12-9(1-4-15-12)2-5-16-13/h1-2,4-5,10-11,15H,3,6-8H2,(H,17,19). The zero-order valence-electron chi connectivity index (χ0n) is 10.6. The maximum Gasteiger partial charge on any atom is 0.272 e. The van der Waals surface area contributed by atoms with E-state index in [2.05, 4.69) is 20.2 Å². The molecule has 3 atom stereocenters. The Morgan fingerprint density at radius 1 is 1.42 bits per heavy atom. The van der Waals surface area contributed by atoms with E-state index < -0.39 is 0 Å². The summed E-state index contributed by atoms with van der Waals surface area (Å²) in [4.78, 5) is 22.1. The molecule has 2 bridgehead atoms. The molecule has 19 heavy (non-hydrogen) atoms. The second kappa shape index (κ2) is 4.06. The molecule has 2 aliphatic rings. The molecule has 5 nitrogen and oxygen atoms in total. The van der Waals surface area contributed by atoms with Gasteiger partial charge in [0.1, 0.15) is 0 Å². The van der Waals surface area contributed by atoms with Crippen LogP contribution in [0.2, 0.25) is 0 Å². The fraction of sp³-hybridized carbons (Fsp3) is 0.429. The molecule has 2 N–H and O–H groups in total. The van der Waals surface area contributed by atoms with E-state index in [9.17, 15) is 4.79 Å². The minimum Gasteiger partial charge on any atom is -0.359 e. The van der Waals surface area contributed by atoms with Gasteiger partial charge in [0.2, 0.25) is 0 Å². The predicted molar refractivity (Wildman–Crippen MR) is 71.9 cm³/mol. The molecule has 2 fully saturated rings. The molecule has 0 spiro atoms. The summed E-state index contributed by atoms with van der Waals surface area (Å²) in [7, 11) is 0. The number of carbonyl (C=O) groups excluding carboxylic acids is 1. The van der Waals surface area contributed by atoms with E-state index in [1.807, 2.05) is 18.3 Å². The Balaban J connectivity index is 1.59. The number of H-pyrrole nitrogens is 1. The van der Waals surface area contributed by atoms with Crippen molar-refractivity contribution < 1.29 is 4.79 Å². The van der Waals surface area contributed by atoms with Gasteiger partial charge in [0.15, 0.2) is 5.69 Å². The molecule has 5 heteroatoms. The number of aromatic nitrogens is 2. The Hall–Kier alpha value is -1.88. The minimum absolute atomic E-state index is 0.0631. The van der Waals surface area contributed by atoms with Gasteiger partial charge in [0.05, 0.1) is 5.52 Å². The van der Waals surface area contributed by atoms with Gasteiger partial charge in [0.25, 0.3) is 5.91 Å². The van der Waals surface area contributed by atoms with Crippen LogP contribution >= 0.6 is 0 Å². The van der Waals surface area contributed by atoms with Gasteiger partial charge >= 0.3 is 0 Å². The summed E-state index contributed by atoms with van der Waals surface area (Å²) < 4.78 is 0. The fourth-order valence-electron chi connectivity index (χ4n) is 3.34. The lowest BCUT2D eigenvalue weighted by molar-refractivity contribution is 0.0921. The third-order valence-corrected chi connectivity index (χ3v) is 4.34. The summed E-state index contributed by atoms with van der Waals surface area (Å²) in [5.41, 5.74) is 1.32. The van der Waals surface area contributed by atoms with Gasteiger partial charge < -0.3 is 15.2 Å². The molecule has 0 radical (unpaired) electrons. The Labute approximate surface area is 111 Å². The van der Waals surface area contributed by atoms with E-state index in [1.54, 1.807) is 6.20 Å². The van der Waals surface area contributed by atoms with Crippen LogP contribution in [0, 0.1) is 5.92 Å². The lowest BCUT2D eigenvalue weighted by Gasteiger charge is -2.23. The Kier molecular flexibility index (Phi) is 2.35. The largest absolute Gasteiger partial charge is 0.359 e. The molecule has 4 heterocycles. The van der Waals surface area contributed by atoms with Crippen LogP contribution in [0.25, 0.3) is 10.9 Å². The molecule has 98 valence electrons. The van der Waals surface area contributed by atoms with E-state index in [4.69, 9.17) is 0 Å². The van der Waals surface area contributed by atoms with Gasteiger partial charge in [-0.15, -0.1) is 0 Å². The molecule has 2 aromatic heterocycles. The summed E-state index contributed by atoms with van der Waals surface area (Å²) >= 11 is 0. The van der Waals surface area contributed by atoms with E-state index in [1.165, 1.54) is 13.0 Å². The second-order valence-corrected chi connectivity index (χ2v) is 5.49. The molecule has 2 aliphatic heterocycles. The number of fused-ring (bicyclic) bond motifs is 3. The average molecular weight is 256 g/mol. The van der Waals surface area contributed by atoms with Gasteiger partial charge in [-0.25, -0.2) is 4.98 Å². The lowest BCUT2D eigenvalue weighted by atomic mass is 10.00. The average Bonchev–Trinajstić information content (AvgIpc) is 3.13. The molecule has 0 aliphatic carbocycles. The Morgan fingerprint density at radius 2 is 2.37 bits per heavy atom. The van der Waals surface area contributed by atoms with Crippen molar-refractivity contribution in [2.45, 2.75) is 12.5 Å². The molecular formula is C14H16N4O. The van der Waals surface area contributed by atoms with Crippen LogP contribution in [0.5, 0.6) is 0 Å². The van der Waals surface area contributed by atoms with Crippen LogP contribution in [-0.4, -0.2) is 46.5 Å². The third kappa shape index (κ3) is 1.73.